The fraction of sp³-hybridized carbons (Fsp3) is 0.100. The molecule has 1 amide bonds. The lowest BCUT2D eigenvalue weighted by molar-refractivity contribution is 0.247. The summed E-state index contributed by atoms with van der Waals surface area (Å²) in [6.07, 6.45) is 3.40. The first-order chi connectivity index (χ1) is 7.65. The van der Waals surface area contributed by atoms with Gasteiger partial charge in [-0.1, -0.05) is 6.07 Å². The van der Waals surface area contributed by atoms with E-state index in [1.807, 2.05) is 0 Å². The van der Waals surface area contributed by atoms with Crippen molar-refractivity contribution in [2.75, 3.05) is 0 Å². The maximum atomic E-state index is 12.8. The van der Waals surface area contributed by atoms with Crippen LogP contribution >= 0.6 is 0 Å². The zero-order valence-corrected chi connectivity index (χ0v) is 8.30. The second kappa shape index (κ2) is 4.09. The number of pyridine rings is 1. The van der Waals surface area contributed by atoms with E-state index in [4.69, 9.17) is 5.73 Å². The zero-order valence-electron chi connectivity index (χ0n) is 8.30. The molecule has 0 aliphatic rings. The van der Waals surface area contributed by atoms with Gasteiger partial charge in [-0.15, -0.1) is 0 Å². The second-order valence-electron chi connectivity index (χ2n) is 3.26. The van der Waals surface area contributed by atoms with Crippen LogP contribution < -0.4 is 5.73 Å². The highest BCUT2D eigenvalue weighted by Crippen LogP contribution is 2.06. The van der Waals surface area contributed by atoms with E-state index in [1.165, 1.54) is 18.5 Å². The minimum absolute atomic E-state index is 0.408. The topological polar surface area (TPSA) is 73.8 Å². The Morgan fingerprint density at radius 3 is 2.94 bits per heavy atom. The molecule has 2 rings (SSSR count). The number of amides is 1. The molecule has 0 aliphatic carbocycles. The van der Waals surface area contributed by atoms with E-state index in [2.05, 4.69) is 10.1 Å². The number of hydrogen-bond donors (Lipinski definition) is 1. The largest absolute Gasteiger partial charge is 0.350 e. The molecule has 0 saturated heterocycles. The number of nitrogens with two attached hydrogens (primary N) is 1. The lowest BCUT2D eigenvalue weighted by atomic mass is 10.2. The molecule has 5 nitrogen and oxygen atoms in total. The number of rotatable bonds is 2. The molecule has 0 saturated carbocycles. The summed E-state index contributed by atoms with van der Waals surface area (Å²) in [5, 5.41) is 3.75. The summed E-state index contributed by atoms with van der Waals surface area (Å²) in [5.41, 5.74) is 6.35. The third-order valence-corrected chi connectivity index (χ3v) is 2.02. The molecule has 2 aromatic rings. The molecule has 0 radical (unpaired) electrons. The molecule has 0 bridgehead atoms. The first-order valence-electron chi connectivity index (χ1n) is 4.60. The van der Waals surface area contributed by atoms with Gasteiger partial charge in [-0.05, 0) is 17.7 Å². The Morgan fingerprint density at radius 1 is 1.50 bits per heavy atom. The first-order valence-corrected chi connectivity index (χ1v) is 4.60. The van der Waals surface area contributed by atoms with Gasteiger partial charge in [0.15, 0.2) is 0 Å². The molecule has 0 aromatic carbocycles. The van der Waals surface area contributed by atoms with Crippen LogP contribution in [0.15, 0.2) is 30.6 Å². The van der Waals surface area contributed by atoms with Crippen LogP contribution in [0, 0.1) is 5.95 Å². The van der Waals surface area contributed by atoms with Crippen LogP contribution in [0.3, 0.4) is 0 Å². The molecule has 6 heteroatoms. The number of carbonyl (C=O) groups is 1. The number of aromatic nitrogens is 3. The highest BCUT2D eigenvalue weighted by molar-refractivity contribution is 5.73. The van der Waals surface area contributed by atoms with Gasteiger partial charge < -0.3 is 5.73 Å². The third-order valence-electron chi connectivity index (χ3n) is 2.02. The molecule has 0 atom stereocenters. The van der Waals surface area contributed by atoms with Gasteiger partial charge in [0, 0.05) is 18.3 Å². The SMILES string of the molecule is NC(=O)n1cc(Cc2cccc(F)n2)cn1. The van der Waals surface area contributed by atoms with Crippen molar-refractivity contribution in [2.45, 2.75) is 6.42 Å². The molecule has 2 heterocycles. The van der Waals surface area contributed by atoms with Crippen molar-refractivity contribution in [3.8, 4) is 0 Å². The lowest BCUT2D eigenvalue weighted by Crippen LogP contribution is -2.19. The second-order valence-corrected chi connectivity index (χ2v) is 3.26. The van der Waals surface area contributed by atoms with Gasteiger partial charge in [-0.2, -0.15) is 14.2 Å². The fourth-order valence-electron chi connectivity index (χ4n) is 1.33. The summed E-state index contributed by atoms with van der Waals surface area (Å²) < 4.78 is 13.8. The highest BCUT2D eigenvalue weighted by Gasteiger charge is 2.04. The number of nitrogens with zero attached hydrogens (tertiary/aromatic N) is 3. The molecular formula is C10H9FN4O. The van der Waals surface area contributed by atoms with E-state index in [9.17, 15) is 9.18 Å². The first kappa shape index (κ1) is 10.3. The summed E-state index contributed by atoms with van der Waals surface area (Å²) in [4.78, 5) is 14.5. The van der Waals surface area contributed by atoms with Gasteiger partial charge in [0.25, 0.3) is 0 Å². The zero-order chi connectivity index (χ0) is 11.5. The van der Waals surface area contributed by atoms with Gasteiger partial charge in [-0.3, -0.25) is 0 Å². The van der Waals surface area contributed by atoms with Gasteiger partial charge in [0.1, 0.15) is 0 Å². The van der Waals surface area contributed by atoms with E-state index < -0.39 is 12.0 Å². The van der Waals surface area contributed by atoms with E-state index in [1.54, 1.807) is 12.1 Å². The summed E-state index contributed by atoms with van der Waals surface area (Å²) in [6, 6.07) is 3.90. The van der Waals surface area contributed by atoms with Crippen molar-refractivity contribution in [1.82, 2.24) is 14.8 Å². The normalized spacial score (nSPS) is 10.3. The fourth-order valence-corrected chi connectivity index (χ4v) is 1.33. The smallest absolute Gasteiger partial charge is 0.339 e. The maximum absolute atomic E-state index is 12.8. The standard InChI is InChI=1S/C10H9FN4O/c11-9-3-1-2-8(14-9)4-7-5-13-15(6-7)10(12)16/h1-3,5-6H,4H2,(H2,12,16). The predicted octanol–water partition coefficient (Wildman–Crippen LogP) is 0.935. The van der Waals surface area contributed by atoms with E-state index in [0.717, 1.165) is 10.2 Å². The van der Waals surface area contributed by atoms with Crippen LogP contribution in [-0.4, -0.2) is 20.8 Å². The number of halogens is 1. The third kappa shape index (κ3) is 2.22. The molecular weight excluding hydrogens is 211 g/mol. The van der Waals surface area contributed by atoms with E-state index >= 15 is 0 Å². The number of hydrogen-bond acceptors (Lipinski definition) is 3. The van der Waals surface area contributed by atoms with E-state index in [0.29, 0.717) is 12.1 Å². The summed E-state index contributed by atoms with van der Waals surface area (Å²) in [6.45, 7) is 0. The van der Waals surface area contributed by atoms with Crippen LogP contribution in [0.5, 0.6) is 0 Å². The van der Waals surface area contributed by atoms with Crippen LogP contribution in [-0.2, 0) is 6.42 Å². The lowest BCUT2D eigenvalue weighted by Gasteiger charge is -1.96. The Hall–Kier alpha value is -2.24. The highest BCUT2D eigenvalue weighted by atomic mass is 19.1. The molecule has 0 spiro atoms. The van der Waals surface area contributed by atoms with Crippen LogP contribution in [0.1, 0.15) is 11.3 Å². The Labute approximate surface area is 90.7 Å². The minimum atomic E-state index is -0.654. The van der Waals surface area contributed by atoms with Crippen molar-refractivity contribution >= 4 is 6.03 Å². The van der Waals surface area contributed by atoms with E-state index in [-0.39, 0.29) is 0 Å². The van der Waals surface area contributed by atoms with Crippen molar-refractivity contribution in [2.24, 2.45) is 5.73 Å². The Kier molecular flexibility index (Phi) is 2.63. The van der Waals surface area contributed by atoms with Gasteiger partial charge >= 0.3 is 6.03 Å². The predicted molar refractivity (Wildman–Crippen MR) is 54.2 cm³/mol. The average molecular weight is 220 g/mol. The maximum Gasteiger partial charge on any atom is 0.339 e. The Morgan fingerprint density at radius 2 is 2.31 bits per heavy atom. The van der Waals surface area contributed by atoms with Crippen molar-refractivity contribution in [1.29, 1.82) is 0 Å². The summed E-state index contributed by atoms with van der Waals surface area (Å²) in [5.74, 6) is -0.528. The van der Waals surface area contributed by atoms with Crippen molar-refractivity contribution in [3.63, 3.8) is 0 Å². The molecule has 16 heavy (non-hydrogen) atoms. The Balaban J connectivity index is 2.17. The van der Waals surface area contributed by atoms with Crippen LogP contribution in [0.2, 0.25) is 0 Å². The molecule has 0 unspecified atom stereocenters. The van der Waals surface area contributed by atoms with Gasteiger partial charge in [-0.25, -0.2) is 9.78 Å². The van der Waals surface area contributed by atoms with Gasteiger partial charge in [0.05, 0.1) is 6.20 Å². The van der Waals surface area contributed by atoms with Crippen molar-refractivity contribution in [3.05, 3.63) is 47.8 Å². The Bertz CT molecular complexity index is 523. The number of carbonyl (C=O) groups excluding carboxylic acids is 1. The summed E-state index contributed by atoms with van der Waals surface area (Å²) >= 11 is 0. The molecule has 82 valence electrons. The average Bonchev–Trinajstić information content (AvgIpc) is 2.66. The molecule has 2 aromatic heterocycles. The van der Waals surface area contributed by atoms with Crippen molar-refractivity contribution < 1.29 is 9.18 Å². The van der Waals surface area contributed by atoms with Crippen LogP contribution in [0.25, 0.3) is 0 Å². The molecule has 2 N–H and O–H groups in total. The number of primary amides is 1. The minimum Gasteiger partial charge on any atom is -0.350 e. The molecule has 0 fully saturated rings. The van der Waals surface area contributed by atoms with Gasteiger partial charge in [0.2, 0.25) is 5.95 Å². The molecule has 0 aliphatic heterocycles. The summed E-state index contributed by atoms with van der Waals surface area (Å²) in [7, 11) is 0. The monoisotopic (exact) mass is 220 g/mol. The van der Waals surface area contributed by atoms with Crippen LogP contribution in [0.4, 0.5) is 9.18 Å². The quantitative estimate of drug-likeness (QED) is 0.765.